The smallest absolute Gasteiger partial charge is 0.169 e. The Morgan fingerprint density at radius 3 is 1.36 bits per heavy atom. The molecule has 0 bridgehead atoms. The van der Waals surface area contributed by atoms with Crippen LogP contribution >= 0.6 is 0 Å². The van der Waals surface area contributed by atoms with Crippen molar-refractivity contribution in [2.45, 2.75) is 231 Å². The van der Waals surface area contributed by atoms with Gasteiger partial charge in [-0.1, -0.05) is 140 Å². The van der Waals surface area contributed by atoms with Crippen LogP contribution in [0.25, 0.3) is 0 Å². The van der Waals surface area contributed by atoms with Gasteiger partial charge in [-0.15, -0.1) is 0 Å². The second-order valence-corrected chi connectivity index (χ2v) is 16.9. The molecule has 2 fully saturated rings. The number of ether oxygens (including phenoxy) is 2. The first-order valence-electron chi connectivity index (χ1n) is 23.1. The topological polar surface area (TPSA) is 38.8 Å². The first-order valence-corrected chi connectivity index (χ1v) is 23.1. The fourth-order valence-electron chi connectivity index (χ4n) is 8.19. The summed E-state index contributed by atoms with van der Waals surface area (Å²) >= 11 is 0. The highest BCUT2D eigenvalue weighted by Gasteiger charge is 2.51. The Kier molecular flexibility index (Phi) is 29.4. The lowest BCUT2D eigenvalue weighted by molar-refractivity contribution is -0.193. The van der Waals surface area contributed by atoms with Crippen LogP contribution in [0.5, 0.6) is 0 Å². The van der Waals surface area contributed by atoms with Crippen molar-refractivity contribution in [3.05, 3.63) is 48.6 Å². The number of ketones is 1. The van der Waals surface area contributed by atoms with Gasteiger partial charge < -0.3 is 14.4 Å². The minimum Gasteiger partial charge on any atom is -0.344 e. The van der Waals surface area contributed by atoms with Crippen LogP contribution in [-0.4, -0.2) is 49.3 Å². The Hall–Kier alpha value is -1.49. The highest BCUT2D eigenvalue weighted by Crippen LogP contribution is 2.46. The van der Waals surface area contributed by atoms with Gasteiger partial charge in [-0.05, 0) is 123 Å². The highest BCUT2D eigenvalue weighted by atomic mass is 16.8. The number of unbranched alkanes of at least 4 members (excludes halogenated alkanes) is 18. The maximum absolute atomic E-state index is 12.7. The third-order valence-corrected chi connectivity index (χ3v) is 11.4. The minimum atomic E-state index is -0.388. The van der Waals surface area contributed by atoms with Gasteiger partial charge in [0.15, 0.2) is 5.79 Å². The van der Waals surface area contributed by atoms with E-state index in [2.05, 4.69) is 81.5 Å². The van der Waals surface area contributed by atoms with Gasteiger partial charge in [0.1, 0.15) is 5.78 Å². The van der Waals surface area contributed by atoms with E-state index in [1.54, 1.807) is 0 Å². The lowest BCUT2D eigenvalue weighted by Crippen LogP contribution is -2.32. The number of hydrogen-bond acceptors (Lipinski definition) is 4. The van der Waals surface area contributed by atoms with Gasteiger partial charge >= 0.3 is 0 Å². The summed E-state index contributed by atoms with van der Waals surface area (Å²) in [7, 11) is 4.16. The lowest BCUT2D eigenvalue weighted by atomic mass is 9.97. The molecular weight excluding hydrogens is 651 g/mol. The zero-order chi connectivity index (χ0) is 38.1. The van der Waals surface area contributed by atoms with Crippen LogP contribution in [0, 0.1) is 5.92 Å². The summed E-state index contributed by atoms with van der Waals surface area (Å²) in [6, 6.07) is 0. The molecule has 2 atom stereocenters. The molecule has 306 valence electrons. The molecule has 1 aliphatic heterocycles. The van der Waals surface area contributed by atoms with Crippen LogP contribution in [0.3, 0.4) is 0 Å². The standard InChI is InChI=1S/C49H87NO3/c1-5-7-9-11-13-15-17-19-21-23-25-27-29-31-33-35-39-49(40-36-34-32-30-28-26-24-22-20-18-16-14-12-10-8-6-2)52-47-43-45(44-48(47)53-49)42-46(51)38-37-41-50(3)4/h13-16,19-22,45,47-48H,5-12,17-18,23-44H2,1-4H3/b15-13-,16-14-,21-19-,22-20-. The Morgan fingerprint density at radius 2 is 0.943 bits per heavy atom. The van der Waals surface area contributed by atoms with Crippen molar-refractivity contribution >= 4 is 5.78 Å². The van der Waals surface area contributed by atoms with Crippen LogP contribution in [0.15, 0.2) is 48.6 Å². The summed E-state index contributed by atoms with van der Waals surface area (Å²) in [5, 5.41) is 0. The number of hydrogen-bond donors (Lipinski definition) is 0. The van der Waals surface area contributed by atoms with Crippen molar-refractivity contribution in [3.63, 3.8) is 0 Å². The first kappa shape index (κ1) is 47.7. The molecule has 0 amide bonds. The number of allylic oxidation sites excluding steroid dienone is 8. The molecule has 1 heterocycles. The van der Waals surface area contributed by atoms with Crippen LogP contribution in [0.2, 0.25) is 0 Å². The average Bonchev–Trinajstić information content (AvgIpc) is 3.66. The van der Waals surface area contributed by atoms with E-state index in [1.165, 1.54) is 141 Å². The Bertz CT molecular complexity index is 916. The number of rotatable bonds is 36. The Morgan fingerprint density at radius 1 is 0.547 bits per heavy atom. The highest BCUT2D eigenvalue weighted by molar-refractivity contribution is 5.78. The molecule has 4 heteroatoms. The molecule has 0 aromatic rings. The molecule has 53 heavy (non-hydrogen) atoms. The minimum absolute atomic E-state index is 0.184. The van der Waals surface area contributed by atoms with Gasteiger partial charge in [-0.3, -0.25) is 4.79 Å². The maximum Gasteiger partial charge on any atom is 0.169 e. The largest absolute Gasteiger partial charge is 0.344 e. The predicted molar refractivity (Wildman–Crippen MR) is 231 cm³/mol. The van der Waals surface area contributed by atoms with Gasteiger partial charge in [0.05, 0.1) is 12.2 Å². The van der Waals surface area contributed by atoms with Crippen molar-refractivity contribution in [1.82, 2.24) is 4.90 Å². The second kappa shape index (κ2) is 32.7. The fourth-order valence-corrected chi connectivity index (χ4v) is 8.19. The number of fused-ring (bicyclic) bond motifs is 1. The van der Waals surface area contributed by atoms with Gasteiger partial charge in [0.25, 0.3) is 0 Å². The van der Waals surface area contributed by atoms with Crippen LogP contribution < -0.4 is 0 Å². The van der Waals surface area contributed by atoms with Crippen molar-refractivity contribution in [3.8, 4) is 0 Å². The molecule has 0 N–H and O–H groups in total. The van der Waals surface area contributed by atoms with Crippen LogP contribution in [0.1, 0.15) is 213 Å². The Labute approximate surface area is 330 Å². The lowest BCUT2D eigenvalue weighted by Gasteiger charge is -2.30. The van der Waals surface area contributed by atoms with E-state index < -0.39 is 0 Å². The number of carbonyl (C=O) groups is 1. The third-order valence-electron chi connectivity index (χ3n) is 11.4. The van der Waals surface area contributed by atoms with Gasteiger partial charge in [-0.2, -0.15) is 0 Å². The zero-order valence-electron chi connectivity index (χ0n) is 35.7. The summed E-state index contributed by atoms with van der Waals surface area (Å²) < 4.78 is 13.8. The van der Waals surface area contributed by atoms with Crippen molar-refractivity contribution in [1.29, 1.82) is 0 Å². The molecule has 1 saturated heterocycles. The quantitative estimate of drug-likeness (QED) is 0.0474. The van der Waals surface area contributed by atoms with E-state index >= 15 is 0 Å². The first-order chi connectivity index (χ1) is 26.0. The summed E-state index contributed by atoms with van der Waals surface area (Å²) in [6.45, 7) is 5.52. The monoisotopic (exact) mass is 738 g/mol. The van der Waals surface area contributed by atoms with E-state index in [0.29, 0.717) is 24.5 Å². The second-order valence-electron chi connectivity index (χ2n) is 16.9. The Balaban J connectivity index is 1.65. The van der Waals surface area contributed by atoms with E-state index in [-0.39, 0.29) is 18.0 Å². The molecule has 2 aliphatic rings. The van der Waals surface area contributed by atoms with Gasteiger partial charge in [0, 0.05) is 25.7 Å². The molecular formula is C49H87NO3. The summed E-state index contributed by atoms with van der Waals surface area (Å²) in [5.41, 5.74) is 0. The summed E-state index contributed by atoms with van der Waals surface area (Å²) in [4.78, 5) is 14.8. The van der Waals surface area contributed by atoms with E-state index in [9.17, 15) is 4.79 Å². The zero-order valence-corrected chi connectivity index (χ0v) is 35.7. The predicted octanol–water partition coefficient (Wildman–Crippen LogP) is 14.6. The summed E-state index contributed by atoms with van der Waals surface area (Å²) in [6.07, 6.45) is 56.2. The van der Waals surface area contributed by atoms with Gasteiger partial charge in [-0.25, -0.2) is 0 Å². The van der Waals surface area contributed by atoms with E-state index in [1.807, 2.05) is 0 Å². The third kappa shape index (κ3) is 25.3. The molecule has 0 aromatic carbocycles. The van der Waals surface area contributed by atoms with E-state index in [4.69, 9.17) is 9.47 Å². The molecule has 0 spiro atoms. The molecule has 0 aromatic heterocycles. The molecule has 1 saturated carbocycles. The van der Waals surface area contributed by atoms with Crippen molar-refractivity contribution < 1.29 is 14.3 Å². The molecule has 1 aliphatic carbocycles. The number of nitrogens with zero attached hydrogens (tertiary/aromatic N) is 1. The van der Waals surface area contributed by atoms with Crippen LogP contribution in [0.4, 0.5) is 0 Å². The average molecular weight is 738 g/mol. The molecule has 2 rings (SSSR count). The summed E-state index contributed by atoms with van der Waals surface area (Å²) in [5.74, 6) is 0.463. The normalized spacial score (nSPS) is 20.1. The molecule has 4 nitrogen and oxygen atoms in total. The van der Waals surface area contributed by atoms with Gasteiger partial charge in [0.2, 0.25) is 0 Å². The van der Waals surface area contributed by atoms with Crippen LogP contribution in [-0.2, 0) is 14.3 Å². The molecule has 0 radical (unpaired) electrons. The van der Waals surface area contributed by atoms with E-state index in [0.717, 1.165) is 51.5 Å². The fraction of sp³-hybridized carbons (Fsp3) is 0.816. The number of carbonyl (C=O) groups excluding carboxylic acids is 1. The SMILES string of the molecule is CCCCC/C=C\C/C=C\CCCCCCCCC1(CCCCCCCC/C=C\C/C=C\CCCCC)OC2CC(CC(=O)CCCN(C)C)CC2O1. The van der Waals surface area contributed by atoms with Crippen molar-refractivity contribution in [2.75, 3.05) is 20.6 Å². The number of Topliss-reactive ketones (excluding diaryl/α,β-unsaturated/α-hetero) is 1. The molecule has 2 unspecified atom stereocenters. The van der Waals surface area contributed by atoms with Crippen molar-refractivity contribution in [2.24, 2.45) is 5.92 Å². The maximum atomic E-state index is 12.7.